The fourth-order valence-corrected chi connectivity index (χ4v) is 4.42. The lowest BCUT2D eigenvalue weighted by atomic mass is 10.1. The van der Waals surface area contributed by atoms with Crippen LogP contribution in [0.1, 0.15) is 15.9 Å². The van der Waals surface area contributed by atoms with Crippen molar-refractivity contribution in [3.63, 3.8) is 0 Å². The van der Waals surface area contributed by atoms with E-state index in [-0.39, 0.29) is 11.0 Å². The molecule has 0 spiro atoms. The molecule has 4 aromatic rings. The second-order valence-electron chi connectivity index (χ2n) is 7.22. The summed E-state index contributed by atoms with van der Waals surface area (Å²) in [7, 11) is 3.07. The lowest BCUT2D eigenvalue weighted by Crippen LogP contribution is -2.34. The molecule has 2 N–H and O–H groups in total. The SMILES string of the molecule is COc1ccc(-n2nc3ccc(NC(=S)NC(=O)c4cc(Br)cc(C)c4OC)cc3n2)cc1Cl. The van der Waals surface area contributed by atoms with Crippen LogP contribution in [0.2, 0.25) is 5.02 Å². The van der Waals surface area contributed by atoms with Crippen LogP contribution in [0, 0.1) is 6.92 Å². The van der Waals surface area contributed by atoms with Crippen molar-refractivity contribution in [2.75, 3.05) is 19.5 Å². The van der Waals surface area contributed by atoms with Crippen LogP contribution in [0.15, 0.2) is 53.0 Å². The van der Waals surface area contributed by atoms with Gasteiger partial charge in [-0.2, -0.15) is 4.80 Å². The number of nitrogens with zero attached hydrogens (tertiary/aromatic N) is 3. The van der Waals surface area contributed by atoms with Crippen LogP contribution < -0.4 is 20.1 Å². The van der Waals surface area contributed by atoms with E-state index < -0.39 is 0 Å². The average Bonchev–Trinajstić information content (AvgIpc) is 3.22. The van der Waals surface area contributed by atoms with Gasteiger partial charge in [0.05, 0.1) is 30.5 Å². The van der Waals surface area contributed by atoms with Gasteiger partial charge in [-0.1, -0.05) is 27.5 Å². The van der Waals surface area contributed by atoms with Crippen molar-refractivity contribution < 1.29 is 14.3 Å². The van der Waals surface area contributed by atoms with Crippen molar-refractivity contribution in [2.45, 2.75) is 6.92 Å². The second kappa shape index (κ2) is 9.96. The highest BCUT2D eigenvalue weighted by molar-refractivity contribution is 9.10. The summed E-state index contributed by atoms with van der Waals surface area (Å²) in [5.41, 5.74) is 3.85. The van der Waals surface area contributed by atoms with E-state index in [1.54, 1.807) is 43.5 Å². The number of fused-ring (bicyclic) bond motifs is 1. The Labute approximate surface area is 214 Å². The maximum Gasteiger partial charge on any atom is 0.261 e. The quantitative estimate of drug-likeness (QED) is 0.321. The van der Waals surface area contributed by atoms with E-state index >= 15 is 0 Å². The first-order valence-electron chi connectivity index (χ1n) is 9.96. The Kier molecular flexibility index (Phi) is 7.01. The summed E-state index contributed by atoms with van der Waals surface area (Å²) in [5.74, 6) is 0.669. The number of carbonyl (C=O) groups excluding carboxylic acids is 1. The summed E-state index contributed by atoms with van der Waals surface area (Å²) >= 11 is 15.0. The van der Waals surface area contributed by atoms with E-state index in [9.17, 15) is 4.79 Å². The summed E-state index contributed by atoms with van der Waals surface area (Å²) in [6.45, 7) is 1.86. The van der Waals surface area contributed by atoms with Gasteiger partial charge in [0.1, 0.15) is 22.5 Å². The van der Waals surface area contributed by atoms with E-state index in [2.05, 4.69) is 36.8 Å². The molecular weight excluding hydrogens is 542 g/mol. The minimum absolute atomic E-state index is 0.137. The van der Waals surface area contributed by atoms with Gasteiger partial charge in [-0.25, -0.2) is 0 Å². The molecule has 1 aromatic heterocycles. The predicted octanol–water partition coefficient (Wildman–Crippen LogP) is 5.29. The molecule has 0 aliphatic heterocycles. The normalized spacial score (nSPS) is 10.7. The standard InChI is InChI=1S/C23H19BrClN5O3S/c1-12-8-13(24)9-16(21(12)33-3)22(31)27-23(34)26-14-4-6-18-19(10-14)29-30(28-18)15-5-7-20(32-2)17(25)11-15/h4-11H,1-3H3,(H2,26,27,31,34). The fourth-order valence-electron chi connectivity index (χ4n) is 3.39. The summed E-state index contributed by atoms with van der Waals surface area (Å²) in [6.07, 6.45) is 0. The lowest BCUT2D eigenvalue weighted by Gasteiger charge is -2.13. The van der Waals surface area contributed by atoms with E-state index in [0.29, 0.717) is 44.5 Å². The molecule has 0 aliphatic rings. The van der Waals surface area contributed by atoms with Crippen molar-refractivity contribution >= 4 is 67.5 Å². The van der Waals surface area contributed by atoms with Gasteiger partial charge in [0.25, 0.3) is 5.91 Å². The van der Waals surface area contributed by atoms with Crippen molar-refractivity contribution in [2.24, 2.45) is 0 Å². The number of rotatable bonds is 5. The zero-order valence-corrected chi connectivity index (χ0v) is 21.5. The van der Waals surface area contributed by atoms with Gasteiger partial charge < -0.3 is 14.8 Å². The predicted molar refractivity (Wildman–Crippen MR) is 140 cm³/mol. The number of hydrogen-bond donors (Lipinski definition) is 2. The van der Waals surface area contributed by atoms with Crippen molar-refractivity contribution in [3.8, 4) is 17.2 Å². The topological polar surface area (TPSA) is 90.3 Å². The monoisotopic (exact) mass is 559 g/mol. The Balaban J connectivity index is 1.51. The van der Waals surface area contributed by atoms with Crippen molar-refractivity contribution in [1.82, 2.24) is 20.3 Å². The number of methoxy groups -OCH3 is 2. The first kappa shape index (κ1) is 23.9. The van der Waals surface area contributed by atoms with Gasteiger partial charge in [0.2, 0.25) is 0 Å². The van der Waals surface area contributed by atoms with Crippen LogP contribution in [0.5, 0.6) is 11.5 Å². The van der Waals surface area contributed by atoms with Gasteiger partial charge in [-0.05, 0) is 73.2 Å². The van der Waals surface area contributed by atoms with Crippen LogP contribution in [-0.4, -0.2) is 40.2 Å². The minimum atomic E-state index is -0.387. The highest BCUT2D eigenvalue weighted by Crippen LogP contribution is 2.28. The van der Waals surface area contributed by atoms with Crippen LogP contribution >= 0.6 is 39.7 Å². The maximum absolute atomic E-state index is 12.8. The number of nitrogens with one attached hydrogen (secondary N) is 2. The molecule has 8 nitrogen and oxygen atoms in total. The molecule has 0 aliphatic carbocycles. The first-order chi connectivity index (χ1) is 16.3. The molecule has 1 heterocycles. The largest absolute Gasteiger partial charge is 0.496 e. The number of halogens is 2. The number of ether oxygens (including phenoxy) is 2. The van der Waals surface area contributed by atoms with E-state index in [0.717, 1.165) is 10.0 Å². The number of carbonyl (C=O) groups is 1. The summed E-state index contributed by atoms with van der Waals surface area (Å²) < 4.78 is 11.3. The number of anilines is 1. The Morgan fingerprint density at radius 3 is 2.53 bits per heavy atom. The molecule has 11 heteroatoms. The van der Waals surface area contributed by atoms with Crippen LogP contribution in [0.4, 0.5) is 5.69 Å². The first-order valence-corrected chi connectivity index (χ1v) is 11.5. The second-order valence-corrected chi connectivity index (χ2v) is 8.95. The molecule has 0 saturated heterocycles. The van der Waals surface area contributed by atoms with E-state index in [1.807, 2.05) is 19.1 Å². The Hall–Kier alpha value is -3.21. The fraction of sp³-hybridized carbons (Fsp3) is 0.130. The zero-order chi connectivity index (χ0) is 24.4. The van der Waals surface area contributed by atoms with Gasteiger partial charge in [0.15, 0.2) is 5.11 Å². The third-order valence-corrected chi connectivity index (χ3v) is 5.88. The summed E-state index contributed by atoms with van der Waals surface area (Å²) in [4.78, 5) is 14.3. The van der Waals surface area contributed by atoms with Crippen LogP contribution in [-0.2, 0) is 0 Å². The number of benzene rings is 3. The molecule has 4 rings (SSSR count). The Morgan fingerprint density at radius 2 is 1.82 bits per heavy atom. The third-order valence-electron chi connectivity index (χ3n) is 4.92. The van der Waals surface area contributed by atoms with Gasteiger partial charge in [-0.15, -0.1) is 10.2 Å². The van der Waals surface area contributed by atoms with E-state index in [4.69, 9.17) is 33.3 Å². The van der Waals surface area contributed by atoms with Gasteiger partial charge in [0, 0.05) is 10.2 Å². The van der Waals surface area contributed by atoms with Crippen LogP contribution in [0.25, 0.3) is 16.7 Å². The molecule has 0 unspecified atom stereocenters. The maximum atomic E-state index is 12.8. The molecule has 0 saturated carbocycles. The summed E-state index contributed by atoms with van der Waals surface area (Å²) in [5, 5.41) is 15.3. The third kappa shape index (κ3) is 4.98. The molecule has 34 heavy (non-hydrogen) atoms. The zero-order valence-electron chi connectivity index (χ0n) is 18.3. The molecule has 1 amide bonds. The number of hydrogen-bond acceptors (Lipinski definition) is 6. The number of amides is 1. The lowest BCUT2D eigenvalue weighted by molar-refractivity contribution is 0.0974. The smallest absolute Gasteiger partial charge is 0.261 e. The Bertz CT molecular complexity index is 1430. The van der Waals surface area contributed by atoms with Crippen LogP contribution in [0.3, 0.4) is 0 Å². The molecule has 3 aromatic carbocycles. The number of thiocarbonyl (C=S) groups is 1. The number of aryl methyl sites for hydroxylation is 1. The average molecular weight is 561 g/mol. The molecular formula is C23H19BrClN5O3S. The molecule has 0 radical (unpaired) electrons. The van der Waals surface area contributed by atoms with Crippen molar-refractivity contribution in [1.29, 1.82) is 0 Å². The minimum Gasteiger partial charge on any atom is -0.496 e. The molecule has 0 fully saturated rings. The Morgan fingerprint density at radius 1 is 1.06 bits per heavy atom. The molecule has 0 bridgehead atoms. The highest BCUT2D eigenvalue weighted by Gasteiger charge is 2.17. The molecule has 0 atom stereocenters. The number of aromatic nitrogens is 3. The summed E-state index contributed by atoms with van der Waals surface area (Å²) in [6, 6.07) is 14.2. The van der Waals surface area contributed by atoms with E-state index in [1.165, 1.54) is 11.9 Å². The van der Waals surface area contributed by atoms with Gasteiger partial charge in [-0.3, -0.25) is 10.1 Å². The van der Waals surface area contributed by atoms with Gasteiger partial charge >= 0.3 is 0 Å². The molecule has 174 valence electrons. The van der Waals surface area contributed by atoms with Crippen molar-refractivity contribution in [3.05, 3.63) is 69.2 Å². The highest BCUT2D eigenvalue weighted by atomic mass is 79.9.